The van der Waals surface area contributed by atoms with Crippen LogP contribution < -0.4 is 10.9 Å². The third-order valence-electron chi connectivity index (χ3n) is 2.96. The highest BCUT2D eigenvalue weighted by Crippen LogP contribution is 2.09. The van der Waals surface area contributed by atoms with Crippen molar-refractivity contribution in [2.45, 2.75) is 6.54 Å². The van der Waals surface area contributed by atoms with Crippen molar-refractivity contribution in [3.63, 3.8) is 0 Å². The summed E-state index contributed by atoms with van der Waals surface area (Å²) in [6, 6.07) is 6.16. The van der Waals surface area contributed by atoms with Gasteiger partial charge in [-0.1, -0.05) is 16.8 Å². The van der Waals surface area contributed by atoms with Gasteiger partial charge < -0.3 is 4.90 Å². The lowest BCUT2D eigenvalue weighted by molar-refractivity contribution is -0.129. The minimum Gasteiger partial charge on any atom is -0.347 e. The monoisotopic (exact) mass is 350 g/mol. The van der Waals surface area contributed by atoms with Gasteiger partial charge in [0.25, 0.3) is 11.8 Å². The number of amides is 3. The standard InChI is InChI=1S/C14H15ClN6O3/c1-20(2)12(22)8-21-7-11(16-19-21)14(24)18-17-13(23)9-3-5-10(15)6-4-9/h3-7H,8H2,1-2H3,(H,17,23)(H,18,24). The van der Waals surface area contributed by atoms with Crippen molar-refractivity contribution in [1.82, 2.24) is 30.7 Å². The molecule has 0 saturated heterocycles. The van der Waals surface area contributed by atoms with E-state index in [4.69, 9.17) is 11.6 Å². The number of rotatable bonds is 4. The molecule has 1 aromatic carbocycles. The average Bonchev–Trinajstić information content (AvgIpc) is 3.01. The summed E-state index contributed by atoms with van der Waals surface area (Å²) in [6.45, 7) is -0.0373. The number of carbonyl (C=O) groups excluding carboxylic acids is 3. The fourth-order valence-electron chi connectivity index (χ4n) is 1.61. The second kappa shape index (κ2) is 7.55. The molecule has 0 atom stereocenters. The Kier molecular flexibility index (Phi) is 5.48. The van der Waals surface area contributed by atoms with Crippen LogP contribution >= 0.6 is 11.6 Å². The van der Waals surface area contributed by atoms with Gasteiger partial charge in [-0.15, -0.1) is 5.10 Å². The molecule has 10 heteroatoms. The zero-order chi connectivity index (χ0) is 17.7. The van der Waals surface area contributed by atoms with Gasteiger partial charge in [0.1, 0.15) is 6.54 Å². The van der Waals surface area contributed by atoms with Crippen LogP contribution in [0.15, 0.2) is 30.5 Å². The van der Waals surface area contributed by atoms with E-state index in [-0.39, 0.29) is 18.1 Å². The second-order valence-corrected chi connectivity index (χ2v) is 5.44. The van der Waals surface area contributed by atoms with Crippen LogP contribution in [-0.4, -0.2) is 51.7 Å². The molecule has 0 saturated carbocycles. The molecule has 2 aromatic rings. The van der Waals surface area contributed by atoms with Gasteiger partial charge in [-0.2, -0.15) is 0 Å². The van der Waals surface area contributed by atoms with Crippen molar-refractivity contribution in [2.24, 2.45) is 0 Å². The normalized spacial score (nSPS) is 10.1. The van der Waals surface area contributed by atoms with Crippen LogP contribution in [0.4, 0.5) is 0 Å². The highest BCUT2D eigenvalue weighted by atomic mass is 35.5. The van der Waals surface area contributed by atoms with Gasteiger partial charge in [0.15, 0.2) is 5.69 Å². The Morgan fingerprint density at radius 3 is 2.38 bits per heavy atom. The summed E-state index contributed by atoms with van der Waals surface area (Å²) in [5.74, 6) is -1.35. The van der Waals surface area contributed by atoms with Crippen molar-refractivity contribution in [1.29, 1.82) is 0 Å². The number of nitrogens with zero attached hydrogens (tertiary/aromatic N) is 4. The van der Waals surface area contributed by atoms with Gasteiger partial charge in [-0.25, -0.2) is 4.68 Å². The van der Waals surface area contributed by atoms with E-state index in [1.165, 1.54) is 27.9 Å². The Balaban J connectivity index is 1.91. The number of hydrazine groups is 1. The first-order valence-electron chi connectivity index (χ1n) is 6.83. The largest absolute Gasteiger partial charge is 0.347 e. The first-order valence-corrected chi connectivity index (χ1v) is 7.21. The lowest BCUT2D eigenvalue weighted by atomic mass is 10.2. The van der Waals surface area contributed by atoms with Gasteiger partial charge in [0.05, 0.1) is 6.20 Å². The van der Waals surface area contributed by atoms with Crippen LogP contribution in [0.25, 0.3) is 0 Å². The molecule has 9 nitrogen and oxygen atoms in total. The third kappa shape index (κ3) is 4.53. The highest BCUT2D eigenvalue weighted by Gasteiger charge is 2.14. The van der Waals surface area contributed by atoms with Gasteiger partial charge >= 0.3 is 0 Å². The highest BCUT2D eigenvalue weighted by molar-refractivity contribution is 6.30. The average molecular weight is 351 g/mol. The predicted octanol–water partition coefficient (Wildman–Crippen LogP) is 0.0945. The lowest BCUT2D eigenvalue weighted by Gasteiger charge is -2.08. The molecule has 0 spiro atoms. The summed E-state index contributed by atoms with van der Waals surface area (Å²) in [5.41, 5.74) is 4.77. The summed E-state index contributed by atoms with van der Waals surface area (Å²) in [7, 11) is 3.22. The fourth-order valence-corrected chi connectivity index (χ4v) is 1.74. The molecule has 2 rings (SSSR count). The summed E-state index contributed by atoms with van der Waals surface area (Å²) in [5, 5.41) is 7.84. The van der Waals surface area contributed by atoms with Crippen LogP contribution in [0.2, 0.25) is 5.02 Å². The zero-order valence-corrected chi connectivity index (χ0v) is 13.7. The number of benzene rings is 1. The maximum absolute atomic E-state index is 11.9. The maximum Gasteiger partial charge on any atom is 0.291 e. The number of nitrogens with one attached hydrogen (secondary N) is 2. The van der Waals surface area contributed by atoms with E-state index in [0.717, 1.165) is 0 Å². The fraction of sp³-hybridized carbons (Fsp3) is 0.214. The van der Waals surface area contributed by atoms with Gasteiger partial charge in [0, 0.05) is 24.7 Å². The minimum absolute atomic E-state index is 0.0297. The Morgan fingerprint density at radius 1 is 1.12 bits per heavy atom. The van der Waals surface area contributed by atoms with Crippen molar-refractivity contribution in [3.8, 4) is 0 Å². The van der Waals surface area contributed by atoms with E-state index < -0.39 is 11.8 Å². The van der Waals surface area contributed by atoms with Gasteiger partial charge in [-0.3, -0.25) is 25.2 Å². The molecule has 0 aliphatic heterocycles. The lowest BCUT2D eigenvalue weighted by Crippen LogP contribution is -2.41. The number of hydrogen-bond donors (Lipinski definition) is 2. The minimum atomic E-state index is -0.652. The summed E-state index contributed by atoms with van der Waals surface area (Å²) >= 11 is 5.74. The number of aromatic nitrogens is 3. The van der Waals surface area contributed by atoms with Gasteiger partial charge in [0.2, 0.25) is 5.91 Å². The summed E-state index contributed by atoms with van der Waals surface area (Å²) < 4.78 is 1.23. The number of hydrogen-bond acceptors (Lipinski definition) is 5. The smallest absolute Gasteiger partial charge is 0.291 e. The molecule has 0 aliphatic carbocycles. The molecule has 1 aromatic heterocycles. The summed E-state index contributed by atoms with van der Waals surface area (Å²) in [6.07, 6.45) is 1.31. The van der Waals surface area contributed by atoms with E-state index in [0.29, 0.717) is 10.6 Å². The number of likely N-dealkylation sites (N-methyl/N-ethyl adjacent to an activating group) is 1. The number of carbonyl (C=O) groups is 3. The molecule has 24 heavy (non-hydrogen) atoms. The van der Waals surface area contributed by atoms with Crippen LogP contribution in [0.1, 0.15) is 20.8 Å². The van der Waals surface area contributed by atoms with E-state index in [2.05, 4.69) is 21.2 Å². The topological polar surface area (TPSA) is 109 Å². The molecule has 3 amide bonds. The molecule has 1 heterocycles. The molecule has 2 N–H and O–H groups in total. The summed E-state index contributed by atoms with van der Waals surface area (Å²) in [4.78, 5) is 36.7. The second-order valence-electron chi connectivity index (χ2n) is 5.00. The van der Waals surface area contributed by atoms with Crippen LogP contribution in [0.5, 0.6) is 0 Å². The van der Waals surface area contributed by atoms with E-state index >= 15 is 0 Å². The van der Waals surface area contributed by atoms with E-state index in [1.54, 1.807) is 26.2 Å². The van der Waals surface area contributed by atoms with E-state index in [1.807, 2.05) is 0 Å². The molecular formula is C14H15ClN6O3. The first-order chi connectivity index (χ1) is 11.4. The molecule has 126 valence electrons. The molecular weight excluding hydrogens is 336 g/mol. The zero-order valence-electron chi connectivity index (χ0n) is 13.0. The first kappa shape index (κ1) is 17.4. The Hall–Kier alpha value is -2.94. The maximum atomic E-state index is 11.9. The van der Waals surface area contributed by atoms with Crippen LogP contribution in [0.3, 0.4) is 0 Å². The molecule has 0 fully saturated rings. The molecule has 0 bridgehead atoms. The van der Waals surface area contributed by atoms with Crippen LogP contribution in [-0.2, 0) is 11.3 Å². The van der Waals surface area contributed by atoms with Crippen molar-refractivity contribution < 1.29 is 14.4 Å². The van der Waals surface area contributed by atoms with Gasteiger partial charge in [-0.05, 0) is 24.3 Å². The van der Waals surface area contributed by atoms with Crippen LogP contribution in [0, 0.1) is 0 Å². The van der Waals surface area contributed by atoms with E-state index in [9.17, 15) is 14.4 Å². The number of halogens is 1. The quantitative estimate of drug-likeness (QED) is 0.760. The molecule has 0 aliphatic rings. The Bertz CT molecular complexity index is 756. The Morgan fingerprint density at radius 2 is 1.75 bits per heavy atom. The van der Waals surface area contributed by atoms with Crippen molar-refractivity contribution in [3.05, 3.63) is 46.7 Å². The molecule has 0 radical (unpaired) electrons. The van der Waals surface area contributed by atoms with Crippen molar-refractivity contribution in [2.75, 3.05) is 14.1 Å². The SMILES string of the molecule is CN(C)C(=O)Cn1cc(C(=O)NNC(=O)c2ccc(Cl)cc2)nn1. The Labute approximate surface area is 142 Å². The molecule has 0 unspecified atom stereocenters. The predicted molar refractivity (Wildman–Crippen MR) is 85.1 cm³/mol. The third-order valence-corrected chi connectivity index (χ3v) is 3.22. The van der Waals surface area contributed by atoms with Crippen molar-refractivity contribution >= 4 is 29.3 Å².